The Bertz CT molecular complexity index is 778. The van der Waals surface area contributed by atoms with Crippen molar-refractivity contribution in [2.75, 3.05) is 5.73 Å². The minimum Gasteiger partial charge on any atom is -0.395 e. The van der Waals surface area contributed by atoms with Crippen LogP contribution in [0.25, 0.3) is 16.9 Å². The second-order valence-electron chi connectivity index (χ2n) is 4.40. The number of nitrogens with two attached hydrogens (primary N) is 1. The number of pyridine rings is 1. The summed E-state index contributed by atoms with van der Waals surface area (Å²) < 4.78 is 1.90. The number of aryl methyl sites for hydroxylation is 1. The van der Waals surface area contributed by atoms with Gasteiger partial charge in [0.05, 0.1) is 21.4 Å². The number of aromatic nitrogens is 2. The summed E-state index contributed by atoms with van der Waals surface area (Å²) in [6, 6.07) is 7.41. The van der Waals surface area contributed by atoms with Crippen molar-refractivity contribution in [1.82, 2.24) is 9.38 Å². The molecule has 0 amide bonds. The molecular formula is C14H11Cl2N3. The molecule has 0 fully saturated rings. The smallest absolute Gasteiger partial charge is 0.160 e. The van der Waals surface area contributed by atoms with Crippen LogP contribution in [-0.4, -0.2) is 9.38 Å². The van der Waals surface area contributed by atoms with Crippen molar-refractivity contribution in [3.8, 4) is 11.3 Å². The lowest BCUT2D eigenvalue weighted by molar-refractivity contribution is 1.17. The second-order valence-corrected chi connectivity index (χ2v) is 5.21. The predicted octanol–water partition coefficient (Wildman–Crippen LogP) is 4.20. The maximum Gasteiger partial charge on any atom is 0.160 e. The van der Waals surface area contributed by atoms with Crippen LogP contribution in [-0.2, 0) is 0 Å². The summed E-state index contributed by atoms with van der Waals surface area (Å²) in [7, 11) is 0. The van der Waals surface area contributed by atoms with Gasteiger partial charge in [0, 0.05) is 18.0 Å². The maximum absolute atomic E-state index is 6.03. The average Bonchev–Trinajstić information content (AvgIpc) is 2.82. The third-order valence-corrected chi connectivity index (χ3v) is 3.84. The molecule has 0 saturated heterocycles. The van der Waals surface area contributed by atoms with Crippen LogP contribution in [0.3, 0.4) is 0 Å². The van der Waals surface area contributed by atoms with Crippen molar-refractivity contribution in [1.29, 1.82) is 0 Å². The molecule has 1 aromatic carbocycles. The number of nitrogen functional groups attached to an aromatic ring is 1. The molecule has 2 aromatic heterocycles. The molecule has 0 spiro atoms. The molecule has 0 saturated carbocycles. The van der Waals surface area contributed by atoms with E-state index in [0.29, 0.717) is 15.7 Å². The zero-order valence-corrected chi connectivity index (χ0v) is 11.7. The largest absolute Gasteiger partial charge is 0.395 e. The van der Waals surface area contributed by atoms with E-state index in [1.165, 1.54) is 0 Å². The highest BCUT2D eigenvalue weighted by Gasteiger charge is 2.09. The Balaban J connectivity index is 2.20. The molecule has 0 aliphatic rings. The molecular weight excluding hydrogens is 281 g/mol. The number of halogens is 2. The molecule has 0 radical (unpaired) electrons. The van der Waals surface area contributed by atoms with Gasteiger partial charge in [-0.2, -0.15) is 0 Å². The molecule has 3 rings (SSSR count). The Kier molecular flexibility index (Phi) is 2.88. The first kappa shape index (κ1) is 12.3. The molecule has 3 nitrogen and oxygen atoms in total. The van der Waals surface area contributed by atoms with E-state index < -0.39 is 0 Å². The number of hydrogen-bond acceptors (Lipinski definition) is 2. The van der Waals surface area contributed by atoms with Crippen LogP contribution in [0.2, 0.25) is 10.0 Å². The van der Waals surface area contributed by atoms with Crippen molar-refractivity contribution in [3.63, 3.8) is 0 Å². The summed E-state index contributed by atoms with van der Waals surface area (Å²) in [4.78, 5) is 4.55. The standard InChI is InChI=1S/C14H11Cl2N3/c1-8-4-5-19-7-12(18-14(19)13(8)17)9-2-3-10(15)11(16)6-9/h2-7H,17H2,1H3. The van der Waals surface area contributed by atoms with Crippen LogP contribution in [0.15, 0.2) is 36.7 Å². The molecule has 0 atom stereocenters. The minimum atomic E-state index is 0.514. The molecule has 0 aliphatic carbocycles. The number of benzene rings is 1. The first-order chi connectivity index (χ1) is 9.06. The summed E-state index contributed by atoms with van der Waals surface area (Å²) in [5, 5.41) is 1.05. The number of anilines is 1. The van der Waals surface area contributed by atoms with Crippen molar-refractivity contribution in [2.24, 2.45) is 0 Å². The van der Waals surface area contributed by atoms with E-state index in [9.17, 15) is 0 Å². The molecule has 0 bridgehead atoms. The third-order valence-electron chi connectivity index (χ3n) is 3.10. The fraction of sp³-hybridized carbons (Fsp3) is 0.0714. The number of hydrogen-bond donors (Lipinski definition) is 1. The predicted molar refractivity (Wildman–Crippen MR) is 79.8 cm³/mol. The van der Waals surface area contributed by atoms with E-state index in [4.69, 9.17) is 28.9 Å². The van der Waals surface area contributed by atoms with Crippen molar-refractivity contribution in [2.45, 2.75) is 6.92 Å². The Morgan fingerprint density at radius 2 is 1.95 bits per heavy atom. The molecule has 0 unspecified atom stereocenters. The van der Waals surface area contributed by atoms with E-state index in [-0.39, 0.29) is 0 Å². The second kappa shape index (κ2) is 4.44. The van der Waals surface area contributed by atoms with Gasteiger partial charge in [0.15, 0.2) is 5.65 Å². The highest BCUT2D eigenvalue weighted by Crippen LogP contribution is 2.29. The third kappa shape index (κ3) is 2.05. The van der Waals surface area contributed by atoms with Crippen LogP contribution >= 0.6 is 23.2 Å². The normalized spacial score (nSPS) is 11.1. The summed E-state index contributed by atoms with van der Waals surface area (Å²) >= 11 is 11.9. The minimum absolute atomic E-state index is 0.514. The van der Waals surface area contributed by atoms with Gasteiger partial charge in [-0.05, 0) is 30.7 Å². The monoisotopic (exact) mass is 291 g/mol. The number of nitrogens with zero attached hydrogens (tertiary/aromatic N) is 2. The Morgan fingerprint density at radius 1 is 1.16 bits per heavy atom. The molecule has 2 heterocycles. The average molecular weight is 292 g/mol. The molecule has 2 N–H and O–H groups in total. The molecule has 3 aromatic rings. The topological polar surface area (TPSA) is 43.3 Å². The summed E-state index contributed by atoms with van der Waals surface area (Å²) in [5.74, 6) is 0. The van der Waals surface area contributed by atoms with Gasteiger partial charge in [0.1, 0.15) is 0 Å². The van der Waals surface area contributed by atoms with Crippen LogP contribution in [0.1, 0.15) is 5.56 Å². The molecule has 19 heavy (non-hydrogen) atoms. The van der Waals surface area contributed by atoms with Crippen LogP contribution in [0, 0.1) is 6.92 Å². The summed E-state index contributed by atoms with van der Waals surface area (Å²) in [6.07, 6.45) is 3.86. The summed E-state index contributed by atoms with van der Waals surface area (Å²) in [6.45, 7) is 1.96. The van der Waals surface area contributed by atoms with Gasteiger partial charge >= 0.3 is 0 Å². The SMILES string of the molecule is Cc1ccn2cc(-c3ccc(Cl)c(Cl)c3)nc2c1N. The van der Waals surface area contributed by atoms with Gasteiger partial charge in [-0.3, -0.25) is 0 Å². The van der Waals surface area contributed by atoms with E-state index >= 15 is 0 Å². The van der Waals surface area contributed by atoms with Crippen molar-refractivity contribution >= 4 is 34.5 Å². The fourth-order valence-electron chi connectivity index (χ4n) is 1.96. The van der Waals surface area contributed by atoms with E-state index in [0.717, 1.165) is 22.5 Å². The zero-order valence-electron chi connectivity index (χ0n) is 10.2. The first-order valence-electron chi connectivity index (χ1n) is 5.75. The van der Waals surface area contributed by atoms with Crippen LogP contribution in [0.4, 0.5) is 5.69 Å². The molecule has 96 valence electrons. The van der Waals surface area contributed by atoms with Crippen molar-refractivity contribution in [3.05, 3.63) is 52.3 Å². The maximum atomic E-state index is 6.03. The number of imidazole rings is 1. The number of rotatable bonds is 1. The van der Waals surface area contributed by atoms with Crippen LogP contribution < -0.4 is 5.73 Å². The van der Waals surface area contributed by atoms with Gasteiger partial charge in [-0.15, -0.1) is 0 Å². The van der Waals surface area contributed by atoms with Crippen molar-refractivity contribution < 1.29 is 0 Å². The molecule has 0 aliphatic heterocycles. The van der Waals surface area contributed by atoms with E-state index in [2.05, 4.69) is 4.98 Å². The first-order valence-corrected chi connectivity index (χ1v) is 6.51. The van der Waals surface area contributed by atoms with Crippen LogP contribution in [0.5, 0.6) is 0 Å². The zero-order chi connectivity index (χ0) is 13.6. The Labute approximate surface area is 120 Å². The summed E-state index contributed by atoms with van der Waals surface area (Å²) in [5.41, 5.74) is 10.2. The fourth-order valence-corrected chi connectivity index (χ4v) is 2.26. The lowest BCUT2D eigenvalue weighted by Gasteiger charge is -2.00. The molecule has 5 heteroatoms. The van der Waals surface area contributed by atoms with E-state index in [1.54, 1.807) is 12.1 Å². The lowest BCUT2D eigenvalue weighted by Crippen LogP contribution is -1.94. The quantitative estimate of drug-likeness (QED) is 0.730. The Morgan fingerprint density at radius 3 is 2.68 bits per heavy atom. The van der Waals surface area contributed by atoms with Gasteiger partial charge < -0.3 is 10.1 Å². The van der Waals surface area contributed by atoms with E-state index in [1.807, 2.05) is 35.9 Å². The van der Waals surface area contributed by atoms with Gasteiger partial charge in [-0.1, -0.05) is 29.3 Å². The number of fused-ring (bicyclic) bond motifs is 1. The highest BCUT2D eigenvalue weighted by atomic mass is 35.5. The van der Waals surface area contributed by atoms with Gasteiger partial charge in [0.25, 0.3) is 0 Å². The van der Waals surface area contributed by atoms with Gasteiger partial charge in [0.2, 0.25) is 0 Å². The lowest BCUT2D eigenvalue weighted by atomic mass is 10.2. The Hall–Kier alpha value is -1.71. The van der Waals surface area contributed by atoms with Gasteiger partial charge in [-0.25, -0.2) is 4.98 Å². The highest BCUT2D eigenvalue weighted by molar-refractivity contribution is 6.42.